The summed E-state index contributed by atoms with van der Waals surface area (Å²) < 4.78 is 5.94. The number of nitrogens with one attached hydrogen (secondary N) is 2. The number of nitrogens with zero attached hydrogens (tertiary/aromatic N) is 1. The standard InChI is InChI=1S/C19H35N3O4.C2H6/c1-14-13-16(24)22(17(14)25)11-7-15(23)21-18(2,3)9-12-26-19(4,5)8-10-20-6;1-2/h14,20H,7-13H2,1-6H3,(H,21,23);1-2H3. The van der Waals surface area contributed by atoms with Crippen LogP contribution in [-0.2, 0) is 19.1 Å². The van der Waals surface area contributed by atoms with Crippen molar-refractivity contribution >= 4 is 17.7 Å². The van der Waals surface area contributed by atoms with E-state index in [1.54, 1.807) is 6.92 Å². The highest BCUT2D eigenvalue weighted by atomic mass is 16.5. The molecule has 7 heteroatoms. The van der Waals surface area contributed by atoms with E-state index in [9.17, 15) is 14.4 Å². The first-order valence-electron chi connectivity index (χ1n) is 10.4. The van der Waals surface area contributed by atoms with Crippen LogP contribution in [0.25, 0.3) is 0 Å². The molecule has 1 aliphatic heterocycles. The molecule has 0 bridgehead atoms. The summed E-state index contributed by atoms with van der Waals surface area (Å²) in [6, 6.07) is 0. The number of amides is 3. The number of hydrogen-bond donors (Lipinski definition) is 2. The summed E-state index contributed by atoms with van der Waals surface area (Å²) in [5.74, 6) is -0.805. The van der Waals surface area contributed by atoms with Gasteiger partial charge in [0.05, 0.1) is 5.60 Å². The maximum absolute atomic E-state index is 12.2. The number of carbonyl (C=O) groups excluding carboxylic acids is 3. The van der Waals surface area contributed by atoms with E-state index in [-0.39, 0.29) is 48.6 Å². The molecular formula is C21H41N3O4. The van der Waals surface area contributed by atoms with E-state index in [1.165, 1.54) is 4.90 Å². The van der Waals surface area contributed by atoms with E-state index >= 15 is 0 Å². The fraction of sp³-hybridized carbons (Fsp3) is 0.857. The van der Waals surface area contributed by atoms with Crippen LogP contribution in [0.1, 0.15) is 74.1 Å². The molecule has 0 aromatic carbocycles. The monoisotopic (exact) mass is 399 g/mol. The van der Waals surface area contributed by atoms with E-state index in [0.717, 1.165) is 13.0 Å². The Balaban J connectivity index is 0.00000352. The van der Waals surface area contributed by atoms with Gasteiger partial charge in [-0.25, -0.2) is 0 Å². The Hall–Kier alpha value is -1.47. The van der Waals surface area contributed by atoms with E-state index in [4.69, 9.17) is 4.74 Å². The van der Waals surface area contributed by atoms with Crippen LogP contribution in [0.2, 0.25) is 0 Å². The van der Waals surface area contributed by atoms with Crippen molar-refractivity contribution < 1.29 is 19.1 Å². The maximum atomic E-state index is 12.2. The number of carbonyl (C=O) groups is 3. The molecule has 0 aromatic rings. The van der Waals surface area contributed by atoms with Crippen molar-refractivity contribution in [3.8, 4) is 0 Å². The molecule has 1 fully saturated rings. The average molecular weight is 400 g/mol. The molecule has 2 N–H and O–H groups in total. The van der Waals surface area contributed by atoms with Gasteiger partial charge in [-0.15, -0.1) is 0 Å². The lowest BCUT2D eigenvalue weighted by atomic mass is 10.00. The minimum atomic E-state index is -0.414. The van der Waals surface area contributed by atoms with Crippen LogP contribution in [-0.4, -0.2) is 60.5 Å². The third-order valence-corrected chi connectivity index (χ3v) is 4.71. The smallest absolute Gasteiger partial charge is 0.232 e. The second kappa shape index (κ2) is 12.2. The van der Waals surface area contributed by atoms with Crippen LogP contribution in [0.15, 0.2) is 0 Å². The molecule has 1 atom stereocenters. The summed E-state index contributed by atoms with van der Waals surface area (Å²) in [5, 5.41) is 6.08. The minimum absolute atomic E-state index is 0.127. The molecule has 1 saturated heterocycles. The molecule has 0 aromatic heterocycles. The first-order chi connectivity index (χ1) is 13.0. The van der Waals surface area contributed by atoms with E-state index in [2.05, 4.69) is 24.5 Å². The van der Waals surface area contributed by atoms with Gasteiger partial charge in [0.1, 0.15) is 0 Å². The average Bonchev–Trinajstić information content (AvgIpc) is 2.84. The Morgan fingerprint density at radius 2 is 1.79 bits per heavy atom. The third-order valence-electron chi connectivity index (χ3n) is 4.71. The SMILES string of the molecule is CC.CNCCC(C)(C)OCCC(C)(C)NC(=O)CCN1C(=O)CC(C)C1=O. The Bertz CT molecular complexity index is 518. The fourth-order valence-corrected chi connectivity index (χ4v) is 2.88. The number of likely N-dealkylation sites (tertiary alicyclic amines) is 1. The van der Waals surface area contributed by atoms with Crippen molar-refractivity contribution in [3.63, 3.8) is 0 Å². The quantitative estimate of drug-likeness (QED) is 0.521. The zero-order valence-corrected chi connectivity index (χ0v) is 19.1. The van der Waals surface area contributed by atoms with Gasteiger partial charge in [-0.05, 0) is 54.1 Å². The summed E-state index contributed by atoms with van der Waals surface area (Å²) in [7, 11) is 1.92. The first-order valence-corrected chi connectivity index (χ1v) is 10.4. The Kier molecular flexibility index (Phi) is 11.5. The van der Waals surface area contributed by atoms with Crippen LogP contribution >= 0.6 is 0 Å². The minimum Gasteiger partial charge on any atom is -0.375 e. The summed E-state index contributed by atoms with van der Waals surface area (Å²) in [6.07, 6.45) is 1.96. The fourth-order valence-electron chi connectivity index (χ4n) is 2.88. The number of rotatable bonds is 11. The van der Waals surface area contributed by atoms with Gasteiger partial charge in [-0.3, -0.25) is 19.3 Å². The van der Waals surface area contributed by atoms with Crippen molar-refractivity contribution in [3.05, 3.63) is 0 Å². The normalized spacial score (nSPS) is 17.4. The highest BCUT2D eigenvalue weighted by Crippen LogP contribution is 2.19. The molecule has 7 nitrogen and oxygen atoms in total. The Labute approximate surface area is 170 Å². The summed E-state index contributed by atoms with van der Waals surface area (Å²) >= 11 is 0. The van der Waals surface area contributed by atoms with Gasteiger partial charge in [-0.2, -0.15) is 0 Å². The second-order valence-electron chi connectivity index (χ2n) is 8.38. The highest BCUT2D eigenvalue weighted by molar-refractivity contribution is 6.03. The summed E-state index contributed by atoms with van der Waals surface area (Å²) in [4.78, 5) is 37.0. The Morgan fingerprint density at radius 3 is 2.29 bits per heavy atom. The zero-order valence-electron chi connectivity index (χ0n) is 19.1. The second-order valence-corrected chi connectivity index (χ2v) is 8.38. The zero-order chi connectivity index (χ0) is 22.0. The van der Waals surface area contributed by atoms with Gasteiger partial charge < -0.3 is 15.4 Å². The van der Waals surface area contributed by atoms with Gasteiger partial charge in [0.25, 0.3) is 0 Å². The van der Waals surface area contributed by atoms with Gasteiger partial charge in [0, 0.05) is 37.5 Å². The first kappa shape index (κ1) is 26.5. The molecule has 0 aliphatic carbocycles. The maximum Gasteiger partial charge on any atom is 0.232 e. The lowest BCUT2D eigenvalue weighted by Gasteiger charge is -2.30. The molecule has 0 radical (unpaired) electrons. The predicted octanol–water partition coefficient (Wildman–Crippen LogP) is 2.49. The number of hydrogen-bond acceptors (Lipinski definition) is 5. The van der Waals surface area contributed by atoms with Gasteiger partial charge in [-0.1, -0.05) is 20.8 Å². The molecule has 28 heavy (non-hydrogen) atoms. The van der Waals surface area contributed by atoms with Crippen molar-refractivity contribution in [1.29, 1.82) is 0 Å². The number of ether oxygens (including phenoxy) is 1. The van der Waals surface area contributed by atoms with Crippen LogP contribution in [0.5, 0.6) is 0 Å². The molecular weight excluding hydrogens is 358 g/mol. The topological polar surface area (TPSA) is 87.7 Å². The summed E-state index contributed by atoms with van der Waals surface area (Å²) in [5.41, 5.74) is -0.626. The third kappa shape index (κ3) is 9.64. The van der Waals surface area contributed by atoms with Crippen molar-refractivity contribution in [2.24, 2.45) is 5.92 Å². The largest absolute Gasteiger partial charge is 0.375 e. The highest BCUT2D eigenvalue weighted by Gasteiger charge is 2.35. The molecule has 0 saturated carbocycles. The molecule has 3 amide bonds. The van der Waals surface area contributed by atoms with Crippen LogP contribution in [0, 0.1) is 5.92 Å². The van der Waals surface area contributed by atoms with Gasteiger partial charge >= 0.3 is 0 Å². The van der Waals surface area contributed by atoms with Crippen LogP contribution in [0.3, 0.4) is 0 Å². The van der Waals surface area contributed by atoms with E-state index in [1.807, 2.05) is 34.7 Å². The lowest BCUT2D eigenvalue weighted by Crippen LogP contribution is -2.46. The van der Waals surface area contributed by atoms with Crippen LogP contribution < -0.4 is 10.6 Å². The molecule has 0 spiro atoms. The van der Waals surface area contributed by atoms with Gasteiger partial charge in [0.15, 0.2) is 0 Å². The van der Waals surface area contributed by atoms with Crippen LogP contribution in [0.4, 0.5) is 0 Å². The molecule has 1 rings (SSSR count). The van der Waals surface area contributed by atoms with Crippen molar-refractivity contribution in [1.82, 2.24) is 15.5 Å². The molecule has 164 valence electrons. The molecule has 1 unspecified atom stereocenters. The number of imide groups is 1. The lowest BCUT2D eigenvalue weighted by molar-refractivity contribution is -0.139. The van der Waals surface area contributed by atoms with E-state index in [0.29, 0.717) is 13.0 Å². The van der Waals surface area contributed by atoms with Crippen molar-refractivity contribution in [2.75, 3.05) is 26.7 Å². The molecule has 1 aliphatic rings. The Morgan fingerprint density at radius 1 is 1.18 bits per heavy atom. The van der Waals surface area contributed by atoms with Crippen molar-refractivity contribution in [2.45, 2.75) is 85.3 Å². The molecule has 1 heterocycles. The summed E-state index contributed by atoms with van der Waals surface area (Å²) in [6.45, 7) is 15.3. The van der Waals surface area contributed by atoms with E-state index < -0.39 is 5.54 Å². The van der Waals surface area contributed by atoms with Gasteiger partial charge in [0.2, 0.25) is 17.7 Å². The predicted molar refractivity (Wildman–Crippen MR) is 112 cm³/mol.